The highest BCUT2D eigenvalue weighted by Crippen LogP contribution is 2.42. The van der Waals surface area contributed by atoms with E-state index in [0.717, 1.165) is 36.9 Å². The van der Waals surface area contributed by atoms with E-state index in [4.69, 9.17) is 39.2 Å². The molecule has 6 aromatic rings. The van der Waals surface area contributed by atoms with Gasteiger partial charge in [0.05, 0.1) is 16.6 Å². The van der Waals surface area contributed by atoms with Gasteiger partial charge in [-0.25, -0.2) is 0 Å². The third kappa shape index (κ3) is 3.06. The lowest BCUT2D eigenvalue weighted by Crippen LogP contribution is -2.56. The maximum absolute atomic E-state index is 6.59. The predicted molar refractivity (Wildman–Crippen MR) is 161 cm³/mol. The second-order valence-corrected chi connectivity index (χ2v) is 9.93. The molecule has 1 aliphatic carbocycles. The molecule has 0 amide bonds. The van der Waals surface area contributed by atoms with Crippen molar-refractivity contribution < 1.29 is 0 Å². The van der Waals surface area contributed by atoms with Gasteiger partial charge in [0.1, 0.15) is 39.2 Å². The minimum absolute atomic E-state index is 0.234. The number of rotatable bonds is 2. The molecule has 37 heavy (non-hydrogen) atoms. The summed E-state index contributed by atoms with van der Waals surface area (Å²) in [4.78, 5) is 0. The zero-order chi connectivity index (χ0) is 25.4. The number of hydrogen-bond donors (Lipinski definition) is 0. The normalized spacial score (nSPS) is 13.5. The van der Waals surface area contributed by atoms with Gasteiger partial charge in [-0.05, 0) is 61.6 Å². The Morgan fingerprint density at radius 3 is 1.84 bits per heavy atom. The fraction of sp³-hybridized carbons (Fsp3) is 0.133. The SMILES string of the molecule is [B]c1c([B])c([B])c(-n2c3c(c4c5c6ccccc6n(-c6ccccc6)c5ccc42)CCCC3)c([B])c1[B]. The van der Waals surface area contributed by atoms with Crippen molar-refractivity contribution in [3.05, 3.63) is 78.0 Å². The monoisotopic (exact) mass is 462 g/mol. The molecular formula is C30H19B5N2. The van der Waals surface area contributed by atoms with Crippen molar-refractivity contribution in [2.24, 2.45) is 0 Å². The summed E-state index contributed by atoms with van der Waals surface area (Å²) in [5, 5.41) is 3.70. The van der Waals surface area contributed by atoms with Gasteiger partial charge in [-0.2, -0.15) is 0 Å². The van der Waals surface area contributed by atoms with Crippen LogP contribution in [0.5, 0.6) is 0 Å². The Labute approximate surface area is 223 Å². The third-order valence-corrected chi connectivity index (χ3v) is 7.98. The van der Waals surface area contributed by atoms with Crippen molar-refractivity contribution >= 4 is 99.3 Å². The first-order valence-corrected chi connectivity index (χ1v) is 12.6. The molecule has 0 fully saturated rings. The first-order valence-electron chi connectivity index (χ1n) is 12.6. The first-order chi connectivity index (χ1) is 18.0. The molecule has 0 saturated carbocycles. The lowest BCUT2D eigenvalue weighted by Gasteiger charge is -2.25. The Balaban J connectivity index is 1.69. The van der Waals surface area contributed by atoms with Gasteiger partial charge >= 0.3 is 0 Å². The van der Waals surface area contributed by atoms with Gasteiger partial charge in [0, 0.05) is 33.2 Å². The zero-order valence-corrected chi connectivity index (χ0v) is 20.5. The molecule has 2 heterocycles. The fourth-order valence-electron chi connectivity index (χ4n) is 6.28. The van der Waals surface area contributed by atoms with Crippen molar-refractivity contribution in [2.45, 2.75) is 25.7 Å². The third-order valence-electron chi connectivity index (χ3n) is 7.98. The summed E-state index contributed by atoms with van der Waals surface area (Å²) >= 11 is 0. The molecule has 2 nitrogen and oxygen atoms in total. The highest BCUT2D eigenvalue weighted by Gasteiger charge is 2.26. The van der Waals surface area contributed by atoms with Crippen LogP contribution >= 0.6 is 0 Å². The van der Waals surface area contributed by atoms with Crippen LogP contribution in [0.2, 0.25) is 0 Å². The van der Waals surface area contributed by atoms with E-state index in [1.165, 1.54) is 38.4 Å². The van der Waals surface area contributed by atoms with Crippen molar-refractivity contribution in [3.8, 4) is 11.4 Å². The summed E-state index contributed by atoms with van der Waals surface area (Å²) in [5.74, 6) is 0. The lowest BCUT2D eigenvalue weighted by atomic mass is 9.61. The average Bonchev–Trinajstić information content (AvgIpc) is 3.44. The van der Waals surface area contributed by atoms with E-state index >= 15 is 0 Å². The summed E-state index contributed by atoms with van der Waals surface area (Å²) in [7, 11) is 31.9. The molecule has 7 heteroatoms. The van der Waals surface area contributed by atoms with Crippen LogP contribution in [0.1, 0.15) is 24.1 Å². The molecule has 7 rings (SSSR count). The maximum atomic E-state index is 6.59. The van der Waals surface area contributed by atoms with E-state index in [1.807, 2.05) is 6.07 Å². The lowest BCUT2D eigenvalue weighted by molar-refractivity contribution is 0.667. The van der Waals surface area contributed by atoms with Crippen molar-refractivity contribution in [2.75, 3.05) is 0 Å². The highest BCUT2D eigenvalue weighted by atomic mass is 15.0. The highest BCUT2D eigenvalue weighted by molar-refractivity contribution is 6.68. The number of aryl methyl sites for hydroxylation is 1. The molecule has 0 spiro atoms. The van der Waals surface area contributed by atoms with Crippen LogP contribution in [0.4, 0.5) is 0 Å². The Morgan fingerprint density at radius 2 is 1.11 bits per heavy atom. The molecular weight excluding hydrogens is 442 g/mol. The van der Waals surface area contributed by atoms with E-state index in [9.17, 15) is 0 Å². The Hall–Kier alpha value is -3.46. The van der Waals surface area contributed by atoms with Crippen LogP contribution in [-0.4, -0.2) is 48.4 Å². The summed E-state index contributed by atoms with van der Waals surface area (Å²) in [6.45, 7) is 0. The van der Waals surface area contributed by atoms with Gasteiger partial charge in [-0.1, -0.05) is 47.3 Å². The zero-order valence-electron chi connectivity index (χ0n) is 20.5. The summed E-state index contributed by atoms with van der Waals surface area (Å²) in [6.07, 6.45) is 4.14. The topological polar surface area (TPSA) is 9.86 Å². The van der Waals surface area contributed by atoms with Gasteiger partial charge in [0.2, 0.25) is 0 Å². The summed E-state index contributed by atoms with van der Waals surface area (Å²) in [5.41, 5.74) is 9.22. The number of benzene rings is 4. The molecule has 0 saturated heterocycles. The number of nitrogens with zero attached hydrogens (tertiary/aromatic N) is 2. The number of aromatic nitrogens is 2. The van der Waals surface area contributed by atoms with Crippen molar-refractivity contribution in [1.82, 2.24) is 9.13 Å². The second-order valence-electron chi connectivity index (χ2n) is 9.93. The maximum Gasteiger partial charge on any atom is 0.115 e. The second kappa shape index (κ2) is 8.28. The minimum atomic E-state index is 0.234. The van der Waals surface area contributed by atoms with Gasteiger partial charge in [0.25, 0.3) is 0 Å². The van der Waals surface area contributed by atoms with Crippen LogP contribution in [0.25, 0.3) is 44.1 Å². The smallest absolute Gasteiger partial charge is 0.115 e. The molecule has 164 valence electrons. The predicted octanol–water partition coefficient (Wildman–Crippen LogP) is 1.58. The van der Waals surface area contributed by atoms with Crippen LogP contribution in [0.3, 0.4) is 0 Å². The molecule has 0 N–H and O–H groups in total. The van der Waals surface area contributed by atoms with Crippen LogP contribution < -0.4 is 27.3 Å². The molecule has 0 aliphatic heterocycles. The minimum Gasteiger partial charge on any atom is -0.315 e. The molecule has 10 radical (unpaired) electrons. The standard InChI is InChI=1S/C30H19B5N2/c31-25-26(32)28(34)30(29(35)27(25)33)37-20-13-7-5-11-18(20)24-22(37)15-14-21-23(24)17-10-4-6-12-19(17)36(21)16-8-2-1-3-9-16/h1-4,6,8-10,12,14-15H,5,7,11,13H2. The van der Waals surface area contributed by atoms with Crippen molar-refractivity contribution in [1.29, 1.82) is 0 Å². The summed E-state index contributed by atoms with van der Waals surface area (Å²) < 4.78 is 4.54. The fourth-order valence-corrected chi connectivity index (χ4v) is 6.28. The van der Waals surface area contributed by atoms with E-state index in [1.54, 1.807) is 0 Å². The molecule has 0 atom stereocenters. The average molecular weight is 462 g/mol. The Kier molecular flexibility index (Phi) is 5.08. The van der Waals surface area contributed by atoms with Gasteiger partial charge in [-0.3, -0.25) is 0 Å². The number of para-hydroxylation sites is 2. The van der Waals surface area contributed by atoms with Crippen molar-refractivity contribution in [3.63, 3.8) is 0 Å². The number of hydrogen-bond acceptors (Lipinski definition) is 0. The van der Waals surface area contributed by atoms with E-state index in [-0.39, 0.29) is 16.4 Å². The van der Waals surface area contributed by atoms with E-state index in [0.29, 0.717) is 16.6 Å². The largest absolute Gasteiger partial charge is 0.315 e. The Bertz CT molecular complexity index is 1850. The molecule has 0 unspecified atom stereocenters. The molecule has 2 aromatic heterocycles. The molecule has 0 bridgehead atoms. The quantitative estimate of drug-likeness (QED) is 0.347. The van der Waals surface area contributed by atoms with E-state index in [2.05, 4.69) is 69.8 Å². The van der Waals surface area contributed by atoms with Gasteiger partial charge < -0.3 is 9.13 Å². The van der Waals surface area contributed by atoms with Crippen LogP contribution in [0.15, 0.2) is 66.7 Å². The van der Waals surface area contributed by atoms with E-state index < -0.39 is 0 Å². The number of fused-ring (bicyclic) bond motifs is 7. The molecule has 1 aliphatic rings. The van der Waals surface area contributed by atoms with Crippen LogP contribution in [-0.2, 0) is 12.8 Å². The first kappa shape index (κ1) is 22.7. The summed E-state index contributed by atoms with van der Waals surface area (Å²) in [6, 6.07) is 23.5. The molecule has 4 aromatic carbocycles. The van der Waals surface area contributed by atoms with Gasteiger partial charge in [0.15, 0.2) is 0 Å². The van der Waals surface area contributed by atoms with Gasteiger partial charge in [-0.15, -0.1) is 16.4 Å². The van der Waals surface area contributed by atoms with Crippen LogP contribution in [0, 0.1) is 0 Å². The Morgan fingerprint density at radius 1 is 0.514 bits per heavy atom.